The second-order valence-corrected chi connectivity index (χ2v) is 6.24. The number of hydrogen-bond acceptors (Lipinski definition) is 6. The summed E-state index contributed by atoms with van der Waals surface area (Å²) < 4.78 is 4.01. The summed E-state index contributed by atoms with van der Waals surface area (Å²) in [6, 6.07) is 10.1. The molecule has 0 atom stereocenters. The highest BCUT2D eigenvalue weighted by molar-refractivity contribution is 7.09. The molecule has 0 saturated carbocycles. The Balaban J connectivity index is 1.68. The summed E-state index contributed by atoms with van der Waals surface area (Å²) in [4.78, 5) is 28.7. The first-order valence-electron chi connectivity index (χ1n) is 7.68. The molecule has 7 nitrogen and oxygen atoms in total. The van der Waals surface area contributed by atoms with Gasteiger partial charge in [-0.15, -0.1) is 0 Å². The van der Waals surface area contributed by atoms with Gasteiger partial charge in [0.05, 0.1) is 5.69 Å². The summed E-state index contributed by atoms with van der Waals surface area (Å²) in [5, 5.41) is 2.47. The Kier molecular flexibility index (Phi) is 4.66. The number of nitrogen functional groups attached to an aromatic ring is 1. The number of piperazine rings is 1. The maximum atomic E-state index is 12.7. The van der Waals surface area contributed by atoms with E-state index in [0.29, 0.717) is 18.0 Å². The van der Waals surface area contributed by atoms with Crippen molar-refractivity contribution in [2.45, 2.75) is 0 Å². The predicted octanol–water partition coefficient (Wildman–Crippen LogP) is 1.05. The highest BCUT2D eigenvalue weighted by Gasteiger charge is 2.27. The van der Waals surface area contributed by atoms with Gasteiger partial charge in [0.25, 0.3) is 11.8 Å². The number of amides is 2. The fourth-order valence-corrected chi connectivity index (χ4v) is 3.45. The Morgan fingerprint density at radius 2 is 1.83 bits per heavy atom. The van der Waals surface area contributed by atoms with Crippen LogP contribution < -0.4 is 16.0 Å². The minimum atomic E-state index is -0.378. The predicted molar refractivity (Wildman–Crippen MR) is 94.5 cm³/mol. The molecule has 1 aliphatic heterocycles. The van der Waals surface area contributed by atoms with Crippen molar-refractivity contribution >= 4 is 34.7 Å². The highest BCUT2D eigenvalue weighted by atomic mass is 32.1. The van der Waals surface area contributed by atoms with Crippen molar-refractivity contribution in [2.75, 3.05) is 43.9 Å². The van der Waals surface area contributed by atoms with Gasteiger partial charge >= 0.3 is 0 Å². The van der Waals surface area contributed by atoms with Crippen LogP contribution in [0.3, 0.4) is 0 Å². The molecule has 8 heteroatoms. The van der Waals surface area contributed by atoms with Crippen LogP contribution in [0.1, 0.15) is 20.2 Å². The SMILES string of the molecule is CNC(=O)c1nsc(C(=O)N2CCN(c3ccccc3)CC2)c1N. The monoisotopic (exact) mass is 345 g/mol. The summed E-state index contributed by atoms with van der Waals surface area (Å²) in [6.07, 6.45) is 0. The smallest absolute Gasteiger partial charge is 0.272 e. The minimum Gasteiger partial charge on any atom is -0.395 e. The summed E-state index contributed by atoms with van der Waals surface area (Å²) in [6.45, 7) is 2.74. The van der Waals surface area contributed by atoms with E-state index in [1.54, 1.807) is 4.90 Å². The number of nitrogens with two attached hydrogens (primary N) is 1. The summed E-state index contributed by atoms with van der Waals surface area (Å²) >= 11 is 0.978. The van der Waals surface area contributed by atoms with Crippen LogP contribution in [0.5, 0.6) is 0 Å². The van der Waals surface area contributed by atoms with Gasteiger partial charge in [0, 0.05) is 38.9 Å². The first-order valence-corrected chi connectivity index (χ1v) is 8.45. The number of carbonyl (C=O) groups is 2. The van der Waals surface area contributed by atoms with Crippen molar-refractivity contribution in [1.29, 1.82) is 0 Å². The number of benzene rings is 1. The van der Waals surface area contributed by atoms with Crippen LogP contribution in [0.2, 0.25) is 0 Å². The van der Waals surface area contributed by atoms with Crippen molar-refractivity contribution in [3.05, 3.63) is 40.9 Å². The van der Waals surface area contributed by atoms with Crippen LogP contribution in [0, 0.1) is 0 Å². The van der Waals surface area contributed by atoms with E-state index in [1.165, 1.54) is 7.05 Å². The maximum Gasteiger partial charge on any atom is 0.272 e. The quantitative estimate of drug-likeness (QED) is 0.867. The topological polar surface area (TPSA) is 91.6 Å². The first-order chi connectivity index (χ1) is 11.6. The van der Waals surface area contributed by atoms with Gasteiger partial charge in [0.2, 0.25) is 0 Å². The molecule has 1 fully saturated rings. The van der Waals surface area contributed by atoms with Crippen molar-refractivity contribution in [1.82, 2.24) is 14.6 Å². The number of para-hydroxylation sites is 1. The molecule has 24 heavy (non-hydrogen) atoms. The van der Waals surface area contributed by atoms with Crippen LogP contribution in [0.25, 0.3) is 0 Å². The summed E-state index contributed by atoms with van der Waals surface area (Å²) in [5.41, 5.74) is 7.37. The lowest BCUT2D eigenvalue weighted by molar-refractivity contribution is 0.0752. The van der Waals surface area contributed by atoms with E-state index in [2.05, 4.69) is 26.7 Å². The Morgan fingerprint density at radius 3 is 2.46 bits per heavy atom. The fourth-order valence-electron chi connectivity index (χ4n) is 2.68. The van der Waals surface area contributed by atoms with Crippen molar-refractivity contribution in [3.63, 3.8) is 0 Å². The third kappa shape index (κ3) is 3.05. The van der Waals surface area contributed by atoms with Crippen LogP contribution in [-0.2, 0) is 0 Å². The average molecular weight is 345 g/mol. The lowest BCUT2D eigenvalue weighted by Gasteiger charge is -2.36. The van der Waals surface area contributed by atoms with E-state index in [9.17, 15) is 9.59 Å². The third-order valence-corrected chi connectivity index (χ3v) is 4.90. The van der Waals surface area contributed by atoms with E-state index >= 15 is 0 Å². The Bertz CT molecular complexity index is 738. The van der Waals surface area contributed by atoms with Crippen molar-refractivity contribution in [3.8, 4) is 0 Å². The fraction of sp³-hybridized carbons (Fsp3) is 0.312. The van der Waals surface area contributed by atoms with Crippen LogP contribution in [-0.4, -0.2) is 54.3 Å². The largest absolute Gasteiger partial charge is 0.395 e. The number of rotatable bonds is 3. The van der Waals surface area contributed by atoms with Crippen molar-refractivity contribution in [2.24, 2.45) is 0 Å². The van der Waals surface area contributed by atoms with Gasteiger partial charge in [-0.3, -0.25) is 9.59 Å². The van der Waals surface area contributed by atoms with E-state index in [-0.39, 0.29) is 23.2 Å². The molecule has 1 aliphatic rings. The molecular formula is C16H19N5O2S. The third-order valence-electron chi connectivity index (χ3n) is 4.05. The van der Waals surface area contributed by atoms with Crippen LogP contribution in [0.15, 0.2) is 30.3 Å². The molecule has 3 rings (SSSR count). The van der Waals surface area contributed by atoms with E-state index in [0.717, 1.165) is 30.3 Å². The zero-order valence-corrected chi connectivity index (χ0v) is 14.2. The van der Waals surface area contributed by atoms with Gasteiger partial charge in [-0.1, -0.05) is 18.2 Å². The van der Waals surface area contributed by atoms with E-state index in [4.69, 9.17) is 5.73 Å². The van der Waals surface area contributed by atoms with E-state index in [1.807, 2.05) is 18.2 Å². The summed E-state index contributed by atoms with van der Waals surface area (Å²) in [5.74, 6) is -0.537. The molecule has 0 aliphatic carbocycles. The molecule has 0 spiro atoms. The van der Waals surface area contributed by atoms with Gasteiger partial charge < -0.3 is 20.9 Å². The molecule has 0 radical (unpaired) electrons. The molecule has 2 heterocycles. The van der Waals surface area contributed by atoms with Crippen molar-refractivity contribution < 1.29 is 9.59 Å². The van der Waals surface area contributed by atoms with Gasteiger partial charge in [0.1, 0.15) is 4.88 Å². The number of carbonyl (C=O) groups excluding carboxylic acids is 2. The summed E-state index contributed by atoms with van der Waals surface area (Å²) in [7, 11) is 1.51. The molecule has 0 unspecified atom stereocenters. The van der Waals surface area contributed by atoms with Gasteiger partial charge in [-0.25, -0.2) is 0 Å². The number of hydrogen-bond donors (Lipinski definition) is 2. The second kappa shape index (κ2) is 6.88. The zero-order valence-electron chi connectivity index (χ0n) is 13.4. The molecule has 126 valence electrons. The second-order valence-electron chi connectivity index (χ2n) is 5.47. The van der Waals surface area contributed by atoms with Gasteiger partial charge in [-0.05, 0) is 23.7 Å². The molecule has 1 aromatic heterocycles. The molecular weight excluding hydrogens is 326 g/mol. The Hall–Kier alpha value is -2.61. The molecule has 1 aromatic carbocycles. The normalized spacial score (nSPS) is 14.5. The molecule has 3 N–H and O–H groups in total. The highest BCUT2D eigenvalue weighted by Crippen LogP contribution is 2.24. The Labute approximate surface area is 144 Å². The minimum absolute atomic E-state index is 0.119. The van der Waals surface area contributed by atoms with Gasteiger partial charge in [-0.2, -0.15) is 4.37 Å². The first kappa shape index (κ1) is 16.3. The lowest BCUT2D eigenvalue weighted by Crippen LogP contribution is -2.48. The molecule has 2 amide bonds. The number of nitrogens with one attached hydrogen (secondary N) is 1. The molecule has 2 aromatic rings. The molecule has 1 saturated heterocycles. The van der Waals surface area contributed by atoms with Crippen LogP contribution in [0.4, 0.5) is 11.4 Å². The maximum absolute atomic E-state index is 12.7. The standard InChI is InChI=1S/C16H19N5O2S/c1-18-15(22)13-12(17)14(24-19-13)16(23)21-9-7-20(8-10-21)11-5-3-2-4-6-11/h2-6H,7-10,17H2,1H3,(H,18,22). The number of nitrogens with zero attached hydrogens (tertiary/aromatic N) is 3. The number of aromatic nitrogens is 1. The van der Waals surface area contributed by atoms with Crippen LogP contribution >= 0.6 is 11.5 Å². The zero-order chi connectivity index (χ0) is 17.1. The van der Waals surface area contributed by atoms with Gasteiger partial charge in [0.15, 0.2) is 5.69 Å². The number of anilines is 2. The lowest BCUT2D eigenvalue weighted by atomic mass is 10.2. The average Bonchev–Trinajstić information content (AvgIpc) is 3.03. The molecule has 0 bridgehead atoms. The Morgan fingerprint density at radius 1 is 1.17 bits per heavy atom. The van der Waals surface area contributed by atoms with E-state index < -0.39 is 0 Å².